The average molecular weight is 379 g/mol. The molecule has 2 atom stereocenters. The first-order valence-electron chi connectivity index (χ1n) is 9.59. The fourth-order valence-electron chi connectivity index (χ4n) is 4.18. The van der Waals surface area contributed by atoms with Gasteiger partial charge in [0.05, 0.1) is 6.61 Å². The van der Waals surface area contributed by atoms with Crippen molar-refractivity contribution in [2.24, 2.45) is 0 Å². The minimum atomic E-state index is -0.299. The zero-order valence-electron chi connectivity index (χ0n) is 15.7. The molecule has 0 aromatic heterocycles. The van der Waals surface area contributed by atoms with Crippen molar-refractivity contribution >= 4 is 11.7 Å². The Kier molecular flexibility index (Phi) is 4.99. The first kappa shape index (κ1) is 18.4. The highest BCUT2D eigenvalue weighted by Gasteiger charge is 2.38. The summed E-state index contributed by atoms with van der Waals surface area (Å²) in [5.74, 6) is 0.159. The summed E-state index contributed by atoms with van der Waals surface area (Å²) in [5.41, 5.74) is 3.28. The number of carbonyl (C=O) groups is 2. The lowest BCUT2D eigenvalue weighted by atomic mass is 9.73. The standard InChI is InChI=1S/C23H22FNO3/c1-2-28-18-9-5-15(6-10-18)19-13-22(27)25-20-11-16(12-21(26)23(19)20)14-3-7-17(24)8-4-14/h3-10,16,19H,2,11-13H2,1H3,(H,25,27)/t16-,19+/m0/s1. The first-order valence-corrected chi connectivity index (χ1v) is 9.59. The Morgan fingerprint density at radius 3 is 2.32 bits per heavy atom. The van der Waals surface area contributed by atoms with Crippen molar-refractivity contribution in [1.82, 2.24) is 5.32 Å². The molecule has 1 aliphatic carbocycles. The van der Waals surface area contributed by atoms with Gasteiger partial charge >= 0.3 is 0 Å². The minimum absolute atomic E-state index is 0.0498. The van der Waals surface area contributed by atoms with E-state index in [1.54, 1.807) is 12.1 Å². The molecule has 0 saturated heterocycles. The van der Waals surface area contributed by atoms with E-state index in [9.17, 15) is 14.0 Å². The number of hydrogen-bond donors (Lipinski definition) is 1. The van der Waals surface area contributed by atoms with Crippen LogP contribution in [0.1, 0.15) is 49.1 Å². The van der Waals surface area contributed by atoms with E-state index in [1.165, 1.54) is 12.1 Å². The van der Waals surface area contributed by atoms with Crippen LogP contribution in [0.5, 0.6) is 5.75 Å². The highest BCUT2D eigenvalue weighted by atomic mass is 19.1. The maximum atomic E-state index is 13.2. The lowest BCUT2D eigenvalue weighted by Crippen LogP contribution is -2.38. The summed E-state index contributed by atoms with van der Waals surface area (Å²) >= 11 is 0. The quantitative estimate of drug-likeness (QED) is 0.865. The summed E-state index contributed by atoms with van der Waals surface area (Å²) in [5, 5.41) is 2.91. The molecule has 144 valence electrons. The minimum Gasteiger partial charge on any atom is -0.494 e. The third kappa shape index (κ3) is 3.57. The van der Waals surface area contributed by atoms with Gasteiger partial charge in [0.25, 0.3) is 0 Å². The Hall–Kier alpha value is -2.95. The van der Waals surface area contributed by atoms with Gasteiger partial charge in [0.2, 0.25) is 5.91 Å². The van der Waals surface area contributed by atoms with Crippen molar-refractivity contribution in [1.29, 1.82) is 0 Å². The molecule has 0 spiro atoms. The van der Waals surface area contributed by atoms with Crippen LogP contribution in [0.15, 0.2) is 59.8 Å². The smallest absolute Gasteiger partial charge is 0.225 e. The zero-order valence-corrected chi connectivity index (χ0v) is 15.7. The van der Waals surface area contributed by atoms with E-state index in [0.29, 0.717) is 30.7 Å². The molecule has 0 saturated carbocycles. The Bertz CT molecular complexity index is 931. The maximum absolute atomic E-state index is 13.2. The van der Waals surface area contributed by atoms with Crippen LogP contribution < -0.4 is 10.1 Å². The average Bonchev–Trinajstić information content (AvgIpc) is 2.68. The summed E-state index contributed by atoms with van der Waals surface area (Å²) in [6.45, 7) is 2.51. The number of nitrogens with one attached hydrogen (secondary N) is 1. The van der Waals surface area contributed by atoms with Crippen LogP contribution in [0.25, 0.3) is 0 Å². The van der Waals surface area contributed by atoms with E-state index >= 15 is 0 Å². The molecule has 2 aliphatic rings. The van der Waals surface area contributed by atoms with Gasteiger partial charge in [-0.3, -0.25) is 9.59 Å². The molecule has 2 aromatic rings. The van der Waals surface area contributed by atoms with E-state index in [0.717, 1.165) is 16.9 Å². The van der Waals surface area contributed by atoms with Crippen LogP contribution in [0.2, 0.25) is 0 Å². The lowest BCUT2D eigenvalue weighted by Gasteiger charge is -2.34. The number of Topliss-reactive ketones (excluding diaryl/α,β-unsaturated/α-hetero) is 1. The van der Waals surface area contributed by atoms with Gasteiger partial charge in [-0.05, 0) is 54.7 Å². The Labute approximate surface area is 163 Å². The fraction of sp³-hybridized carbons (Fsp3) is 0.304. The van der Waals surface area contributed by atoms with Gasteiger partial charge in [-0.15, -0.1) is 0 Å². The maximum Gasteiger partial charge on any atom is 0.225 e. The SMILES string of the molecule is CCOc1ccc([C@H]2CC(=O)NC3=C2C(=O)C[C@@H](c2ccc(F)cc2)C3)cc1. The van der Waals surface area contributed by atoms with Crippen LogP contribution in [0.4, 0.5) is 4.39 Å². The molecule has 0 fully saturated rings. The highest BCUT2D eigenvalue weighted by molar-refractivity contribution is 6.02. The number of rotatable bonds is 4. The Morgan fingerprint density at radius 1 is 0.964 bits per heavy atom. The van der Waals surface area contributed by atoms with Gasteiger partial charge in [-0.25, -0.2) is 4.39 Å². The van der Waals surface area contributed by atoms with Gasteiger partial charge in [-0.1, -0.05) is 24.3 Å². The van der Waals surface area contributed by atoms with Crippen molar-refractivity contribution in [3.05, 3.63) is 76.7 Å². The number of halogens is 1. The van der Waals surface area contributed by atoms with Crippen LogP contribution in [0.3, 0.4) is 0 Å². The second-order valence-corrected chi connectivity index (χ2v) is 7.28. The summed E-state index contributed by atoms with van der Waals surface area (Å²) in [4.78, 5) is 25.4. The van der Waals surface area contributed by atoms with Gasteiger partial charge in [0.15, 0.2) is 5.78 Å². The number of allylic oxidation sites excluding steroid dienone is 2. The topological polar surface area (TPSA) is 55.4 Å². The lowest BCUT2D eigenvalue weighted by molar-refractivity contribution is -0.122. The third-order valence-corrected chi connectivity index (χ3v) is 5.47. The van der Waals surface area contributed by atoms with E-state index in [2.05, 4.69) is 5.32 Å². The number of ketones is 1. The van der Waals surface area contributed by atoms with Crippen LogP contribution in [0, 0.1) is 5.82 Å². The van der Waals surface area contributed by atoms with Gasteiger partial charge < -0.3 is 10.1 Å². The van der Waals surface area contributed by atoms with E-state index in [1.807, 2.05) is 31.2 Å². The monoisotopic (exact) mass is 379 g/mol. The molecular formula is C23H22FNO3. The van der Waals surface area contributed by atoms with E-state index in [4.69, 9.17) is 4.74 Å². The molecule has 1 aliphatic heterocycles. The molecule has 5 heteroatoms. The van der Waals surface area contributed by atoms with Crippen LogP contribution in [-0.2, 0) is 9.59 Å². The number of benzene rings is 2. The van der Waals surface area contributed by atoms with E-state index in [-0.39, 0.29) is 35.8 Å². The van der Waals surface area contributed by atoms with Crippen molar-refractivity contribution in [2.75, 3.05) is 6.61 Å². The number of carbonyl (C=O) groups excluding carboxylic acids is 2. The molecule has 0 radical (unpaired) electrons. The second-order valence-electron chi connectivity index (χ2n) is 7.28. The number of ether oxygens (including phenoxy) is 1. The van der Waals surface area contributed by atoms with Gasteiger partial charge in [0.1, 0.15) is 11.6 Å². The molecular weight excluding hydrogens is 357 g/mol. The Balaban J connectivity index is 1.65. The predicted molar refractivity (Wildman–Crippen MR) is 104 cm³/mol. The van der Waals surface area contributed by atoms with Crippen molar-refractivity contribution < 1.29 is 18.7 Å². The molecule has 1 heterocycles. The largest absolute Gasteiger partial charge is 0.494 e. The van der Waals surface area contributed by atoms with Gasteiger partial charge in [0, 0.05) is 30.0 Å². The molecule has 2 aromatic carbocycles. The molecule has 0 unspecified atom stereocenters. The van der Waals surface area contributed by atoms with Gasteiger partial charge in [-0.2, -0.15) is 0 Å². The zero-order chi connectivity index (χ0) is 19.7. The summed E-state index contributed by atoms with van der Waals surface area (Å²) < 4.78 is 18.7. The summed E-state index contributed by atoms with van der Waals surface area (Å²) in [6.07, 6.45) is 1.21. The summed E-state index contributed by atoms with van der Waals surface area (Å²) in [6, 6.07) is 13.9. The molecule has 4 nitrogen and oxygen atoms in total. The third-order valence-electron chi connectivity index (χ3n) is 5.47. The molecule has 4 rings (SSSR count). The van der Waals surface area contributed by atoms with E-state index < -0.39 is 0 Å². The Morgan fingerprint density at radius 2 is 1.64 bits per heavy atom. The highest BCUT2D eigenvalue weighted by Crippen LogP contribution is 2.42. The second kappa shape index (κ2) is 7.58. The van der Waals surface area contributed by atoms with Crippen molar-refractivity contribution in [2.45, 2.75) is 38.0 Å². The number of amides is 1. The number of hydrogen-bond acceptors (Lipinski definition) is 3. The molecule has 1 amide bonds. The normalized spacial score (nSPS) is 21.9. The fourth-order valence-corrected chi connectivity index (χ4v) is 4.18. The van der Waals surface area contributed by atoms with Crippen molar-refractivity contribution in [3.63, 3.8) is 0 Å². The molecule has 0 bridgehead atoms. The van der Waals surface area contributed by atoms with Crippen LogP contribution in [-0.4, -0.2) is 18.3 Å². The summed E-state index contributed by atoms with van der Waals surface area (Å²) in [7, 11) is 0. The first-order chi connectivity index (χ1) is 13.5. The van der Waals surface area contributed by atoms with Crippen molar-refractivity contribution in [3.8, 4) is 5.75 Å². The molecule has 28 heavy (non-hydrogen) atoms. The van der Waals surface area contributed by atoms with Crippen LogP contribution >= 0.6 is 0 Å². The molecule has 1 N–H and O–H groups in total. The predicted octanol–water partition coefficient (Wildman–Crippen LogP) is 4.23.